The number of aromatic nitrogens is 1. The Hall–Kier alpha value is -3.40. The van der Waals surface area contributed by atoms with E-state index in [0.717, 1.165) is 17.0 Å². The van der Waals surface area contributed by atoms with Crippen molar-refractivity contribution in [1.82, 2.24) is 10.1 Å². The molecule has 1 heterocycles. The van der Waals surface area contributed by atoms with Gasteiger partial charge in [-0.3, -0.25) is 9.59 Å². The van der Waals surface area contributed by atoms with Gasteiger partial charge >= 0.3 is 0 Å². The van der Waals surface area contributed by atoms with Crippen molar-refractivity contribution in [1.29, 1.82) is 0 Å². The van der Waals surface area contributed by atoms with Crippen LogP contribution in [0.5, 0.6) is 0 Å². The molecule has 1 N–H and O–H groups in total. The fraction of sp³-hybridized carbons (Fsp3) is 0.227. The molecule has 3 rings (SSSR count). The summed E-state index contributed by atoms with van der Waals surface area (Å²) >= 11 is 6.10. The number of benzene rings is 2. The van der Waals surface area contributed by atoms with Crippen LogP contribution in [0.25, 0.3) is 11.3 Å². The molecule has 0 saturated carbocycles. The third kappa shape index (κ3) is 5.00. The average Bonchev–Trinajstić information content (AvgIpc) is 3.14. The van der Waals surface area contributed by atoms with Gasteiger partial charge in [0.15, 0.2) is 17.5 Å². The molecular weight excluding hydrogens is 466 g/mol. The predicted molar refractivity (Wildman–Crippen MR) is 113 cm³/mol. The van der Waals surface area contributed by atoms with Crippen LogP contribution in [-0.2, 0) is 4.79 Å². The Bertz CT molecular complexity index is 1200. The first-order chi connectivity index (χ1) is 15.6. The highest BCUT2D eigenvalue weighted by atomic mass is 35.5. The second kappa shape index (κ2) is 10.0. The molecule has 2 amide bonds. The standard InChI is InChI=1S/C22H18ClF4N3O3/c1-3-9-30(10-16(31)28-15-8-7-14(25)19(26)20(15)27)22(32)17-11(2)33-29-21(17)18-12(23)5-4-6-13(18)24/h4-8H,3,9-10H2,1-2H3,(H,28,31). The molecule has 2 aromatic carbocycles. The highest BCUT2D eigenvalue weighted by molar-refractivity contribution is 6.33. The van der Waals surface area contributed by atoms with Crippen LogP contribution >= 0.6 is 11.6 Å². The Morgan fingerprint density at radius 1 is 1.09 bits per heavy atom. The molecule has 0 spiro atoms. The van der Waals surface area contributed by atoms with Gasteiger partial charge in [-0.2, -0.15) is 0 Å². The molecule has 11 heteroatoms. The minimum absolute atomic E-state index is 0.00551. The summed E-state index contributed by atoms with van der Waals surface area (Å²) in [6.45, 7) is 2.74. The smallest absolute Gasteiger partial charge is 0.260 e. The van der Waals surface area contributed by atoms with Crippen LogP contribution in [0, 0.1) is 30.2 Å². The zero-order chi connectivity index (χ0) is 24.3. The van der Waals surface area contributed by atoms with Gasteiger partial charge in [-0.1, -0.05) is 29.7 Å². The molecule has 0 bridgehead atoms. The van der Waals surface area contributed by atoms with Gasteiger partial charge < -0.3 is 14.7 Å². The molecule has 1 aromatic heterocycles. The van der Waals surface area contributed by atoms with Gasteiger partial charge in [-0.15, -0.1) is 0 Å². The quantitative estimate of drug-likeness (QED) is 0.363. The van der Waals surface area contributed by atoms with E-state index in [1.54, 1.807) is 6.92 Å². The van der Waals surface area contributed by atoms with Gasteiger partial charge in [0.2, 0.25) is 5.91 Å². The van der Waals surface area contributed by atoms with E-state index < -0.39 is 47.3 Å². The number of halogens is 5. The second-order valence-electron chi connectivity index (χ2n) is 7.06. The summed E-state index contributed by atoms with van der Waals surface area (Å²) in [5.74, 6) is -6.92. The van der Waals surface area contributed by atoms with Crippen LogP contribution in [-0.4, -0.2) is 35.0 Å². The number of hydrogen-bond acceptors (Lipinski definition) is 4. The molecule has 0 saturated heterocycles. The molecule has 0 radical (unpaired) electrons. The van der Waals surface area contributed by atoms with Crippen molar-refractivity contribution in [3.63, 3.8) is 0 Å². The van der Waals surface area contributed by atoms with Crippen LogP contribution in [0.2, 0.25) is 5.02 Å². The average molecular weight is 484 g/mol. The number of anilines is 1. The van der Waals surface area contributed by atoms with E-state index >= 15 is 0 Å². The fourth-order valence-electron chi connectivity index (χ4n) is 3.18. The normalized spacial score (nSPS) is 10.9. The lowest BCUT2D eigenvalue weighted by atomic mass is 10.0. The number of rotatable bonds is 7. The van der Waals surface area contributed by atoms with E-state index in [-0.39, 0.29) is 34.1 Å². The van der Waals surface area contributed by atoms with Crippen molar-refractivity contribution in [2.75, 3.05) is 18.4 Å². The van der Waals surface area contributed by atoms with Gasteiger partial charge in [0.1, 0.15) is 29.4 Å². The van der Waals surface area contributed by atoms with E-state index in [1.807, 2.05) is 0 Å². The maximum Gasteiger partial charge on any atom is 0.260 e. The van der Waals surface area contributed by atoms with Gasteiger partial charge in [-0.05, 0) is 37.6 Å². The van der Waals surface area contributed by atoms with Crippen LogP contribution in [0.3, 0.4) is 0 Å². The molecule has 174 valence electrons. The maximum atomic E-state index is 14.4. The summed E-state index contributed by atoms with van der Waals surface area (Å²) in [5, 5.41) is 5.89. The first-order valence-electron chi connectivity index (χ1n) is 9.78. The number of carbonyl (C=O) groups is 2. The zero-order valence-corrected chi connectivity index (χ0v) is 18.3. The SMILES string of the molecule is CCCN(CC(=O)Nc1ccc(F)c(F)c1F)C(=O)c1c(-c2c(F)cccc2Cl)noc1C. The third-order valence-electron chi connectivity index (χ3n) is 4.70. The van der Waals surface area contributed by atoms with Crippen LogP contribution in [0.1, 0.15) is 29.5 Å². The second-order valence-corrected chi connectivity index (χ2v) is 7.46. The molecule has 0 aliphatic rings. The summed E-state index contributed by atoms with van der Waals surface area (Å²) in [7, 11) is 0. The van der Waals surface area contributed by atoms with E-state index in [0.29, 0.717) is 12.5 Å². The highest BCUT2D eigenvalue weighted by Crippen LogP contribution is 2.34. The zero-order valence-electron chi connectivity index (χ0n) is 17.5. The number of hydrogen-bond donors (Lipinski definition) is 1. The van der Waals surface area contributed by atoms with Crippen molar-refractivity contribution in [3.8, 4) is 11.3 Å². The monoisotopic (exact) mass is 483 g/mol. The molecule has 3 aromatic rings. The topological polar surface area (TPSA) is 75.4 Å². The number of aryl methyl sites for hydroxylation is 1. The Balaban J connectivity index is 1.89. The highest BCUT2D eigenvalue weighted by Gasteiger charge is 2.29. The van der Waals surface area contributed by atoms with Crippen LogP contribution < -0.4 is 5.32 Å². The Kier molecular flexibility index (Phi) is 7.37. The first kappa shape index (κ1) is 24.2. The van der Waals surface area contributed by atoms with Gasteiger partial charge in [0.25, 0.3) is 5.91 Å². The molecule has 0 atom stereocenters. The molecule has 33 heavy (non-hydrogen) atoms. The third-order valence-corrected chi connectivity index (χ3v) is 5.02. The Morgan fingerprint density at radius 3 is 2.48 bits per heavy atom. The van der Waals surface area contributed by atoms with Crippen molar-refractivity contribution in [2.24, 2.45) is 0 Å². The predicted octanol–water partition coefficient (Wildman–Crippen LogP) is 5.35. The summed E-state index contributed by atoms with van der Waals surface area (Å²) in [6, 6.07) is 5.48. The maximum absolute atomic E-state index is 14.4. The molecule has 0 unspecified atom stereocenters. The largest absolute Gasteiger partial charge is 0.360 e. The lowest BCUT2D eigenvalue weighted by Crippen LogP contribution is -2.39. The molecule has 0 aliphatic heterocycles. The fourth-order valence-corrected chi connectivity index (χ4v) is 3.44. The van der Waals surface area contributed by atoms with Crippen molar-refractivity contribution in [3.05, 3.63) is 69.9 Å². The Labute approximate surface area is 191 Å². The lowest BCUT2D eigenvalue weighted by molar-refractivity contribution is -0.116. The number of nitrogens with zero attached hydrogens (tertiary/aromatic N) is 2. The van der Waals surface area contributed by atoms with Gasteiger partial charge in [0.05, 0.1) is 16.3 Å². The van der Waals surface area contributed by atoms with E-state index in [2.05, 4.69) is 10.5 Å². The summed E-state index contributed by atoms with van der Waals surface area (Å²) < 4.78 is 60.0. The Morgan fingerprint density at radius 2 is 1.82 bits per heavy atom. The first-order valence-corrected chi connectivity index (χ1v) is 10.2. The molecule has 0 aliphatic carbocycles. The van der Waals surface area contributed by atoms with Crippen LogP contribution in [0.15, 0.2) is 34.9 Å². The van der Waals surface area contributed by atoms with Crippen molar-refractivity contribution < 1.29 is 31.7 Å². The number of nitrogens with one attached hydrogen (secondary N) is 1. The summed E-state index contributed by atoms with van der Waals surface area (Å²) in [6.07, 6.45) is 0.443. The molecular formula is C22H18ClF4N3O3. The molecule has 6 nitrogen and oxygen atoms in total. The lowest BCUT2D eigenvalue weighted by Gasteiger charge is -2.22. The minimum Gasteiger partial charge on any atom is -0.360 e. The van der Waals surface area contributed by atoms with Gasteiger partial charge in [0, 0.05) is 6.54 Å². The van der Waals surface area contributed by atoms with Gasteiger partial charge in [-0.25, -0.2) is 17.6 Å². The van der Waals surface area contributed by atoms with Crippen LogP contribution in [0.4, 0.5) is 23.2 Å². The summed E-state index contributed by atoms with van der Waals surface area (Å²) in [5.41, 5.74) is -0.942. The van der Waals surface area contributed by atoms with E-state index in [1.165, 1.54) is 19.1 Å². The van der Waals surface area contributed by atoms with E-state index in [9.17, 15) is 27.2 Å². The van der Waals surface area contributed by atoms with E-state index in [4.69, 9.17) is 16.1 Å². The minimum atomic E-state index is -1.74. The summed E-state index contributed by atoms with van der Waals surface area (Å²) in [4.78, 5) is 26.9. The molecule has 0 fully saturated rings. The van der Waals surface area contributed by atoms with Crippen molar-refractivity contribution >= 4 is 29.1 Å². The number of amides is 2. The number of carbonyl (C=O) groups excluding carboxylic acids is 2. The van der Waals surface area contributed by atoms with Crippen molar-refractivity contribution in [2.45, 2.75) is 20.3 Å².